The lowest BCUT2D eigenvalue weighted by Crippen LogP contribution is -2.40. The van der Waals surface area contributed by atoms with E-state index in [9.17, 15) is 0 Å². The molecule has 0 amide bonds. The summed E-state index contributed by atoms with van der Waals surface area (Å²) in [6, 6.07) is 4.11. The number of rotatable bonds is 6. The summed E-state index contributed by atoms with van der Waals surface area (Å²) in [5.41, 5.74) is 4.35. The first-order valence-electron chi connectivity index (χ1n) is 7.50. The summed E-state index contributed by atoms with van der Waals surface area (Å²) in [7, 11) is 3.34. The standard InChI is InChI=1S/C16H25BrN2O2/c1-4-16(9-5-6-10-16)15(19-18)11-7-8-12(20-2)13(17)14(11)21-3/h7-8,15,19H,4-6,9-10,18H2,1-3H3. The molecule has 0 saturated heterocycles. The SMILES string of the molecule is CCC1(C(NN)c2ccc(OC)c(Br)c2OC)CCCC1. The Morgan fingerprint density at radius 2 is 1.95 bits per heavy atom. The maximum Gasteiger partial charge on any atom is 0.141 e. The minimum atomic E-state index is 0.0853. The van der Waals surface area contributed by atoms with Gasteiger partial charge in [0.05, 0.1) is 20.3 Å². The van der Waals surface area contributed by atoms with Crippen LogP contribution in [0.1, 0.15) is 50.6 Å². The Balaban J connectivity index is 2.49. The van der Waals surface area contributed by atoms with Crippen molar-refractivity contribution >= 4 is 15.9 Å². The average molecular weight is 357 g/mol. The van der Waals surface area contributed by atoms with E-state index in [1.807, 2.05) is 6.07 Å². The molecule has 0 aliphatic heterocycles. The van der Waals surface area contributed by atoms with Crippen molar-refractivity contribution < 1.29 is 9.47 Å². The summed E-state index contributed by atoms with van der Waals surface area (Å²) in [5, 5.41) is 0. The average Bonchev–Trinajstić information content (AvgIpc) is 2.98. The Kier molecular flexibility index (Phi) is 5.52. The van der Waals surface area contributed by atoms with Gasteiger partial charge >= 0.3 is 0 Å². The molecule has 1 aliphatic carbocycles. The lowest BCUT2D eigenvalue weighted by atomic mass is 9.73. The zero-order valence-electron chi connectivity index (χ0n) is 13.0. The molecular weight excluding hydrogens is 332 g/mol. The number of benzene rings is 1. The molecule has 1 atom stereocenters. The van der Waals surface area contributed by atoms with E-state index in [0.717, 1.165) is 28.0 Å². The fraction of sp³-hybridized carbons (Fsp3) is 0.625. The molecule has 0 radical (unpaired) electrons. The highest BCUT2D eigenvalue weighted by molar-refractivity contribution is 9.10. The molecule has 1 aromatic carbocycles. The van der Waals surface area contributed by atoms with Crippen LogP contribution < -0.4 is 20.7 Å². The van der Waals surface area contributed by atoms with Crippen LogP contribution in [-0.2, 0) is 0 Å². The summed E-state index contributed by atoms with van der Waals surface area (Å²) in [5.74, 6) is 7.51. The van der Waals surface area contributed by atoms with Crippen molar-refractivity contribution in [2.75, 3.05) is 14.2 Å². The molecule has 118 valence electrons. The first-order chi connectivity index (χ1) is 10.1. The molecule has 2 rings (SSSR count). The molecule has 4 nitrogen and oxygen atoms in total. The van der Waals surface area contributed by atoms with Crippen LogP contribution in [0.2, 0.25) is 0 Å². The fourth-order valence-electron chi connectivity index (χ4n) is 3.67. The number of hydrogen-bond donors (Lipinski definition) is 2. The summed E-state index contributed by atoms with van der Waals surface area (Å²) >= 11 is 3.58. The van der Waals surface area contributed by atoms with Gasteiger partial charge in [0.2, 0.25) is 0 Å². The van der Waals surface area contributed by atoms with Crippen molar-refractivity contribution in [2.24, 2.45) is 11.3 Å². The van der Waals surface area contributed by atoms with Crippen LogP contribution in [0.25, 0.3) is 0 Å². The predicted molar refractivity (Wildman–Crippen MR) is 88.5 cm³/mol. The zero-order chi connectivity index (χ0) is 15.5. The van der Waals surface area contributed by atoms with Crippen LogP contribution in [0, 0.1) is 5.41 Å². The highest BCUT2D eigenvalue weighted by Crippen LogP contribution is 2.52. The second kappa shape index (κ2) is 6.99. The van der Waals surface area contributed by atoms with Gasteiger partial charge in [0.15, 0.2) is 0 Å². The summed E-state index contributed by atoms with van der Waals surface area (Å²) in [6.45, 7) is 2.25. The maximum atomic E-state index is 5.94. The molecule has 1 unspecified atom stereocenters. The number of nitrogens with one attached hydrogen (secondary N) is 1. The van der Waals surface area contributed by atoms with E-state index in [0.29, 0.717) is 0 Å². The zero-order valence-corrected chi connectivity index (χ0v) is 14.6. The monoisotopic (exact) mass is 356 g/mol. The second-order valence-electron chi connectivity index (χ2n) is 5.73. The van der Waals surface area contributed by atoms with Crippen LogP contribution in [0.5, 0.6) is 11.5 Å². The van der Waals surface area contributed by atoms with Gasteiger partial charge in [0, 0.05) is 5.56 Å². The first kappa shape index (κ1) is 16.6. The Labute approximate surface area is 135 Å². The highest BCUT2D eigenvalue weighted by atomic mass is 79.9. The van der Waals surface area contributed by atoms with E-state index in [1.54, 1.807) is 14.2 Å². The van der Waals surface area contributed by atoms with E-state index < -0.39 is 0 Å². The third-order valence-electron chi connectivity index (χ3n) is 4.91. The van der Waals surface area contributed by atoms with E-state index in [2.05, 4.69) is 34.3 Å². The van der Waals surface area contributed by atoms with E-state index in [-0.39, 0.29) is 11.5 Å². The second-order valence-corrected chi connectivity index (χ2v) is 6.52. The maximum absolute atomic E-state index is 5.94. The normalized spacial score (nSPS) is 18.5. The molecule has 1 aliphatic rings. The van der Waals surface area contributed by atoms with Gasteiger partial charge in [0.25, 0.3) is 0 Å². The molecule has 21 heavy (non-hydrogen) atoms. The molecule has 1 aromatic rings. The quantitative estimate of drug-likeness (QED) is 0.598. The number of nitrogens with two attached hydrogens (primary N) is 1. The van der Waals surface area contributed by atoms with Crippen molar-refractivity contribution in [3.8, 4) is 11.5 Å². The third kappa shape index (κ3) is 2.91. The fourth-order valence-corrected chi connectivity index (χ4v) is 4.35. The van der Waals surface area contributed by atoms with Crippen molar-refractivity contribution in [2.45, 2.75) is 45.1 Å². The van der Waals surface area contributed by atoms with E-state index in [4.69, 9.17) is 15.3 Å². The molecule has 1 fully saturated rings. The molecule has 0 heterocycles. The van der Waals surface area contributed by atoms with E-state index >= 15 is 0 Å². The summed E-state index contributed by atoms with van der Waals surface area (Å²) < 4.78 is 11.8. The molecule has 0 aromatic heterocycles. The minimum Gasteiger partial charge on any atom is -0.495 e. The lowest BCUT2D eigenvalue weighted by molar-refractivity contribution is 0.184. The number of methoxy groups -OCH3 is 2. The Morgan fingerprint density at radius 1 is 1.29 bits per heavy atom. The topological polar surface area (TPSA) is 56.5 Å². The van der Waals surface area contributed by atoms with Crippen LogP contribution in [0.4, 0.5) is 0 Å². The number of ether oxygens (including phenoxy) is 2. The van der Waals surface area contributed by atoms with Crippen LogP contribution in [-0.4, -0.2) is 14.2 Å². The third-order valence-corrected chi connectivity index (χ3v) is 5.66. The Morgan fingerprint density at radius 3 is 2.43 bits per heavy atom. The van der Waals surface area contributed by atoms with Crippen LogP contribution in [0.3, 0.4) is 0 Å². The number of hydrogen-bond acceptors (Lipinski definition) is 4. The van der Waals surface area contributed by atoms with Crippen LogP contribution in [0.15, 0.2) is 16.6 Å². The summed E-state index contributed by atoms with van der Waals surface area (Å²) in [6.07, 6.45) is 6.04. The van der Waals surface area contributed by atoms with Gasteiger partial charge in [0.1, 0.15) is 16.0 Å². The van der Waals surface area contributed by atoms with Gasteiger partial charge in [-0.25, -0.2) is 0 Å². The predicted octanol–water partition coefficient (Wildman–Crippen LogP) is 3.94. The Hall–Kier alpha value is -0.780. The van der Waals surface area contributed by atoms with Crippen molar-refractivity contribution in [1.82, 2.24) is 5.43 Å². The van der Waals surface area contributed by atoms with Crippen molar-refractivity contribution in [3.63, 3.8) is 0 Å². The van der Waals surface area contributed by atoms with Crippen LogP contribution >= 0.6 is 15.9 Å². The Bertz CT molecular complexity index is 487. The van der Waals surface area contributed by atoms with Crippen molar-refractivity contribution in [1.29, 1.82) is 0 Å². The van der Waals surface area contributed by atoms with Gasteiger partial charge in [-0.05, 0) is 52.7 Å². The molecule has 5 heteroatoms. The number of halogens is 1. The highest BCUT2D eigenvalue weighted by Gasteiger charge is 2.41. The largest absolute Gasteiger partial charge is 0.495 e. The smallest absolute Gasteiger partial charge is 0.141 e. The lowest BCUT2D eigenvalue weighted by Gasteiger charge is -2.37. The first-order valence-corrected chi connectivity index (χ1v) is 8.29. The minimum absolute atomic E-state index is 0.0853. The molecule has 0 spiro atoms. The van der Waals surface area contributed by atoms with Gasteiger partial charge < -0.3 is 9.47 Å². The molecular formula is C16H25BrN2O2. The van der Waals surface area contributed by atoms with Gasteiger partial charge in [-0.1, -0.05) is 19.8 Å². The molecule has 0 bridgehead atoms. The number of hydrazine groups is 1. The van der Waals surface area contributed by atoms with E-state index in [1.165, 1.54) is 25.7 Å². The van der Waals surface area contributed by atoms with Gasteiger partial charge in [-0.15, -0.1) is 0 Å². The van der Waals surface area contributed by atoms with Crippen molar-refractivity contribution in [3.05, 3.63) is 22.2 Å². The van der Waals surface area contributed by atoms with Gasteiger partial charge in [-0.3, -0.25) is 11.3 Å². The molecule has 1 saturated carbocycles. The summed E-state index contributed by atoms with van der Waals surface area (Å²) in [4.78, 5) is 0. The molecule has 3 N–H and O–H groups in total. The van der Waals surface area contributed by atoms with Gasteiger partial charge in [-0.2, -0.15) is 0 Å².